The van der Waals surface area contributed by atoms with E-state index in [1.807, 2.05) is 18.2 Å². The monoisotopic (exact) mass is 369 g/mol. The summed E-state index contributed by atoms with van der Waals surface area (Å²) in [6, 6.07) is 5.64. The molecule has 0 atom stereocenters. The third-order valence-electron chi connectivity index (χ3n) is 4.53. The van der Waals surface area contributed by atoms with Crippen LogP contribution in [-0.2, 0) is 6.42 Å². The molecule has 0 saturated heterocycles. The Morgan fingerprint density at radius 3 is 2.85 bits per heavy atom. The third-order valence-corrected chi connectivity index (χ3v) is 4.77. The number of benzene rings is 1. The highest BCUT2D eigenvalue weighted by atomic mass is 35.5. The summed E-state index contributed by atoms with van der Waals surface area (Å²) in [5.74, 6) is -0.788. The molecule has 2 amide bonds. The summed E-state index contributed by atoms with van der Waals surface area (Å²) in [6.07, 6.45) is 7.10. The first kappa shape index (κ1) is 16.5. The minimum Gasteiger partial charge on any atom is -0.366 e. The van der Waals surface area contributed by atoms with Crippen LogP contribution in [0.15, 0.2) is 36.8 Å². The van der Waals surface area contributed by atoms with E-state index in [1.165, 1.54) is 23.1 Å². The van der Waals surface area contributed by atoms with Crippen LogP contribution < -0.4 is 10.6 Å². The van der Waals surface area contributed by atoms with Crippen LogP contribution >= 0.6 is 11.6 Å². The Hall–Kier alpha value is -2.93. The molecule has 0 aliphatic carbocycles. The van der Waals surface area contributed by atoms with Gasteiger partial charge in [0, 0.05) is 29.6 Å². The first-order valence-corrected chi connectivity index (χ1v) is 8.66. The number of fused-ring (bicyclic) bond motifs is 2. The molecule has 3 aromatic rings. The lowest BCUT2D eigenvalue weighted by molar-refractivity contribution is 0.0985. The van der Waals surface area contributed by atoms with Crippen molar-refractivity contribution in [3.63, 3.8) is 0 Å². The number of aryl methyl sites for hydroxylation is 1. The minimum atomic E-state index is -0.598. The molecule has 1 aliphatic heterocycles. The molecule has 7 nitrogen and oxygen atoms in total. The number of hydrogen-bond acceptors (Lipinski definition) is 4. The van der Waals surface area contributed by atoms with E-state index in [0.29, 0.717) is 22.8 Å². The summed E-state index contributed by atoms with van der Waals surface area (Å²) in [5.41, 5.74) is 8.17. The number of nitrogens with zero attached hydrogens (tertiary/aromatic N) is 4. The van der Waals surface area contributed by atoms with Gasteiger partial charge in [0.1, 0.15) is 5.56 Å². The van der Waals surface area contributed by atoms with Crippen LogP contribution in [0, 0.1) is 0 Å². The van der Waals surface area contributed by atoms with Crippen LogP contribution in [0.3, 0.4) is 0 Å². The number of nitrogens with two attached hydrogens (primary N) is 1. The molecule has 132 valence electrons. The van der Waals surface area contributed by atoms with Crippen molar-refractivity contribution in [3.05, 3.63) is 58.5 Å². The summed E-state index contributed by atoms with van der Waals surface area (Å²) in [7, 11) is 0. The Balaban J connectivity index is 1.77. The molecular formula is C18H16ClN5O2. The van der Waals surface area contributed by atoms with E-state index in [4.69, 9.17) is 17.3 Å². The van der Waals surface area contributed by atoms with Gasteiger partial charge in [-0.2, -0.15) is 5.10 Å². The highest BCUT2D eigenvalue weighted by molar-refractivity contribution is 6.31. The maximum absolute atomic E-state index is 13.2. The number of hydrogen-bond donors (Lipinski definition) is 1. The molecule has 0 spiro atoms. The second kappa shape index (κ2) is 6.42. The summed E-state index contributed by atoms with van der Waals surface area (Å²) in [4.78, 5) is 30.4. The number of amides is 2. The van der Waals surface area contributed by atoms with Crippen LogP contribution in [0.2, 0.25) is 5.02 Å². The minimum absolute atomic E-state index is 0.190. The fourth-order valence-corrected chi connectivity index (χ4v) is 3.38. The van der Waals surface area contributed by atoms with E-state index >= 15 is 0 Å². The maximum atomic E-state index is 13.2. The van der Waals surface area contributed by atoms with Gasteiger partial charge in [0.25, 0.3) is 11.8 Å². The number of primary amides is 1. The quantitative estimate of drug-likeness (QED) is 0.750. The lowest BCUT2D eigenvalue weighted by Gasteiger charge is -2.22. The van der Waals surface area contributed by atoms with Crippen LogP contribution in [0.1, 0.15) is 39.1 Å². The molecule has 2 N–H and O–H groups in total. The molecule has 1 aromatic carbocycles. The number of carbonyl (C=O) groups is 2. The third kappa shape index (κ3) is 2.80. The Morgan fingerprint density at radius 2 is 2.04 bits per heavy atom. The smallest absolute Gasteiger partial charge is 0.263 e. The Kier molecular flexibility index (Phi) is 4.08. The second-order valence-electron chi connectivity index (χ2n) is 6.22. The molecule has 1 aliphatic rings. The highest BCUT2D eigenvalue weighted by Gasteiger charge is 2.25. The van der Waals surface area contributed by atoms with Gasteiger partial charge in [-0.25, -0.2) is 9.50 Å². The Morgan fingerprint density at radius 1 is 1.19 bits per heavy atom. The second-order valence-corrected chi connectivity index (χ2v) is 6.66. The van der Waals surface area contributed by atoms with Gasteiger partial charge in [-0.05, 0) is 37.0 Å². The lowest BCUT2D eigenvalue weighted by atomic mass is 10.1. The van der Waals surface area contributed by atoms with Crippen molar-refractivity contribution in [3.8, 4) is 0 Å². The summed E-state index contributed by atoms with van der Waals surface area (Å²) in [5, 5.41) is 4.74. The van der Waals surface area contributed by atoms with E-state index in [9.17, 15) is 9.59 Å². The van der Waals surface area contributed by atoms with Crippen molar-refractivity contribution in [1.29, 1.82) is 0 Å². The largest absolute Gasteiger partial charge is 0.366 e. The normalized spacial score (nSPS) is 14.1. The number of halogens is 1. The molecular weight excluding hydrogens is 354 g/mol. The van der Waals surface area contributed by atoms with E-state index in [0.717, 1.165) is 30.5 Å². The zero-order valence-electron chi connectivity index (χ0n) is 13.9. The van der Waals surface area contributed by atoms with Gasteiger partial charge in [0.2, 0.25) is 0 Å². The van der Waals surface area contributed by atoms with E-state index < -0.39 is 5.91 Å². The predicted molar refractivity (Wildman–Crippen MR) is 97.6 cm³/mol. The summed E-state index contributed by atoms with van der Waals surface area (Å²) >= 11 is 6.16. The first-order chi connectivity index (χ1) is 12.5. The van der Waals surface area contributed by atoms with Gasteiger partial charge in [-0.1, -0.05) is 17.7 Å². The fraction of sp³-hybridized carbons (Fsp3) is 0.222. The van der Waals surface area contributed by atoms with Crippen LogP contribution in [-0.4, -0.2) is 33.0 Å². The average Bonchev–Trinajstić information content (AvgIpc) is 2.94. The van der Waals surface area contributed by atoms with Gasteiger partial charge < -0.3 is 10.6 Å². The van der Waals surface area contributed by atoms with Gasteiger partial charge in [-0.15, -0.1) is 0 Å². The number of rotatable bonds is 2. The van der Waals surface area contributed by atoms with Crippen molar-refractivity contribution < 1.29 is 9.59 Å². The predicted octanol–water partition coefficient (Wildman–Crippen LogP) is 2.46. The number of anilines is 1. The number of carbonyl (C=O) groups excluding carboxylic acids is 2. The van der Waals surface area contributed by atoms with Crippen molar-refractivity contribution in [1.82, 2.24) is 14.6 Å². The number of aromatic nitrogens is 3. The lowest BCUT2D eigenvalue weighted by Crippen LogP contribution is -2.31. The van der Waals surface area contributed by atoms with Crippen molar-refractivity contribution in [2.45, 2.75) is 19.3 Å². The highest BCUT2D eigenvalue weighted by Crippen LogP contribution is 2.30. The first-order valence-electron chi connectivity index (χ1n) is 8.28. The van der Waals surface area contributed by atoms with Gasteiger partial charge in [0.15, 0.2) is 5.65 Å². The van der Waals surface area contributed by atoms with E-state index in [1.54, 1.807) is 4.90 Å². The molecule has 8 heteroatoms. The SMILES string of the molecule is NC(=O)c1cnc2c(C(=O)N3CCCCc4ccc(Cl)cc43)cnn2c1. The molecule has 3 heterocycles. The van der Waals surface area contributed by atoms with Crippen LogP contribution in [0.5, 0.6) is 0 Å². The zero-order chi connectivity index (χ0) is 18.3. The molecule has 0 bridgehead atoms. The summed E-state index contributed by atoms with van der Waals surface area (Å²) < 4.78 is 1.39. The molecule has 26 heavy (non-hydrogen) atoms. The zero-order valence-corrected chi connectivity index (χ0v) is 14.6. The molecule has 0 saturated carbocycles. The van der Waals surface area contributed by atoms with Crippen molar-refractivity contribution in [2.24, 2.45) is 5.73 Å². The molecule has 4 rings (SSSR count). The van der Waals surface area contributed by atoms with Crippen LogP contribution in [0.4, 0.5) is 5.69 Å². The van der Waals surface area contributed by atoms with Crippen LogP contribution in [0.25, 0.3) is 5.65 Å². The topological polar surface area (TPSA) is 93.6 Å². The molecule has 2 aromatic heterocycles. The molecule has 0 unspecified atom stereocenters. The standard InChI is InChI=1S/C18H16ClN5O2/c19-13-5-4-11-3-1-2-6-23(15(11)7-13)18(26)14-9-22-24-10-12(16(20)25)8-21-17(14)24/h4-5,7-10H,1-3,6H2,(H2,20,25). The molecule has 0 fully saturated rings. The Bertz CT molecular complexity index is 1030. The van der Waals surface area contributed by atoms with Gasteiger partial charge in [-0.3, -0.25) is 9.59 Å². The fourth-order valence-electron chi connectivity index (χ4n) is 3.21. The Labute approximate surface area is 154 Å². The van der Waals surface area contributed by atoms with Gasteiger partial charge in [0.05, 0.1) is 11.8 Å². The van der Waals surface area contributed by atoms with E-state index in [2.05, 4.69) is 10.1 Å². The van der Waals surface area contributed by atoms with E-state index in [-0.39, 0.29) is 11.5 Å². The van der Waals surface area contributed by atoms with Gasteiger partial charge >= 0.3 is 0 Å². The van der Waals surface area contributed by atoms with Crippen molar-refractivity contribution in [2.75, 3.05) is 11.4 Å². The maximum Gasteiger partial charge on any atom is 0.263 e. The van der Waals surface area contributed by atoms with Crippen molar-refractivity contribution >= 4 is 34.7 Å². The molecule has 0 radical (unpaired) electrons. The average molecular weight is 370 g/mol. The summed E-state index contributed by atoms with van der Waals surface area (Å²) in [6.45, 7) is 0.600.